The number of aromatic nitrogens is 3. The number of nitrogens with one attached hydrogen (secondary N) is 1. The molecule has 3 rings (SSSR count). The molecule has 8 heteroatoms. The number of hydrogen-bond acceptors (Lipinski definition) is 5. The van der Waals surface area contributed by atoms with Crippen molar-refractivity contribution in [1.29, 1.82) is 0 Å². The Morgan fingerprint density at radius 2 is 2.22 bits per heavy atom. The number of ether oxygens (including phenoxy) is 1. The van der Waals surface area contributed by atoms with Crippen LogP contribution in [0.15, 0.2) is 36.9 Å². The fourth-order valence-electron chi connectivity index (χ4n) is 2.35. The summed E-state index contributed by atoms with van der Waals surface area (Å²) >= 11 is 0. The minimum absolute atomic E-state index is 0.0178. The number of carbonyl (C=O) groups is 2. The van der Waals surface area contributed by atoms with E-state index in [1.807, 2.05) is 24.3 Å². The Morgan fingerprint density at radius 3 is 3.04 bits per heavy atom. The van der Waals surface area contributed by atoms with Crippen molar-refractivity contribution in [3.05, 3.63) is 42.5 Å². The topological polar surface area (TPSA) is 89.3 Å². The number of benzene rings is 1. The molecular formula is C15H17N5O3. The van der Waals surface area contributed by atoms with Crippen molar-refractivity contribution in [2.24, 2.45) is 0 Å². The third-order valence-corrected chi connectivity index (χ3v) is 3.51. The summed E-state index contributed by atoms with van der Waals surface area (Å²) in [5.41, 5.74) is 0.965. The van der Waals surface area contributed by atoms with E-state index in [4.69, 9.17) is 4.74 Å². The first-order valence-electron chi connectivity index (χ1n) is 7.30. The van der Waals surface area contributed by atoms with Gasteiger partial charge in [0.2, 0.25) is 5.91 Å². The lowest BCUT2D eigenvalue weighted by atomic mass is 10.2. The quantitative estimate of drug-likeness (QED) is 0.826. The molecule has 0 radical (unpaired) electrons. The van der Waals surface area contributed by atoms with Crippen LogP contribution in [-0.2, 0) is 22.7 Å². The number of carbonyl (C=O) groups excluding carboxylic acids is 2. The average Bonchev–Trinajstić information content (AvgIpc) is 2.99. The van der Waals surface area contributed by atoms with Crippen LogP contribution in [0.1, 0.15) is 5.56 Å². The number of nitrogens with zero attached hydrogens (tertiary/aromatic N) is 4. The lowest BCUT2D eigenvalue weighted by Crippen LogP contribution is -2.40. The highest BCUT2D eigenvalue weighted by Crippen LogP contribution is 2.22. The first-order chi connectivity index (χ1) is 11.2. The summed E-state index contributed by atoms with van der Waals surface area (Å²) in [7, 11) is 0. The summed E-state index contributed by atoms with van der Waals surface area (Å²) in [6, 6.07) is 7.58. The maximum Gasteiger partial charge on any atom is 0.260 e. The molecular weight excluding hydrogens is 298 g/mol. The van der Waals surface area contributed by atoms with E-state index in [-0.39, 0.29) is 25.0 Å². The second-order valence-electron chi connectivity index (χ2n) is 5.15. The van der Waals surface area contributed by atoms with Crippen LogP contribution in [0.3, 0.4) is 0 Å². The van der Waals surface area contributed by atoms with E-state index in [1.54, 1.807) is 4.90 Å². The van der Waals surface area contributed by atoms with E-state index in [2.05, 4.69) is 15.4 Å². The molecule has 0 fully saturated rings. The van der Waals surface area contributed by atoms with Crippen molar-refractivity contribution in [2.75, 3.05) is 19.7 Å². The molecule has 2 aromatic rings. The van der Waals surface area contributed by atoms with Crippen LogP contribution in [0.5, 0.6) is 5.75 Å². The monoisotopic (exact) mass is 315 g/mol. The van der Waals surface area contributed by atoms with Gasteiger partial charge < -0.3 is 15.0 Å². The van der Waals surface area contributed by atoms with Crippen molar-refractivity contribution in [1.82, 2.24) is 25.0 Å². The molecule has 0 atom stereocenters. The minimum Gasteiger partial charge on any atom is -0.483 e. The molecule has 1 aromatic carbocycles. The molecule has 0 bridgehead atoms. The molecule has 0 aliphatic carbocycles. The standard InChI is InChI=1S/C15H17N5O3/c21-14(8-20-11-16-10-18-20)17-5-6-19-7-12-3-1-2-4-13(12)23-9-15(19)22/h1-4,10-11H,5-9H2,(H,17,21). The summed E-state index contributed by atoms with van der Waals surface area (Å²) in [6.07, 6.45) is 2.85. The van der Waals surface area contributed by atoms with E-state index < -0.39 is 0 Å². The van der Waals surface area contributed by atoms with Gasteiger partial charge in [-0.15, -0.1) is 0 Å². The van der Waals surface area contributed by atoms with Crippen molar-refractivity contribution < 1.29 is 14.3 Å². The van der Waals surface area contributed by atoms with E-state index in [1.165, 1.54) is 17.3 Å². The first kappa shape index (κ1) is 15.0. The zero-order valence-electron chi connectivity index (χ0n) is 12.5. The Hall–Kier alpha value is -2.90. The Balaban J connectivity index is 1.51. The number of hydrogen-bond donors (Lipinski definition) is 1. The van der Waals surface area contributed by atoms with E-state index in [9.17, 15) is 9.59 Å². The molecule has 2 amide bonds. The highest BCUT2D eigenvalue weighted by Gasteiger charge is 2.20. The molecule has 0 saturated carbocycles. The zero-order chi connectivity index (χ0) is 16.1. The molecule has 8 nitrogen and oxygen atoms in total. The molecule has 1 aliphatic rings. The number of para-hydroxylation sites is 1. The predicted molar refractivity (Wildman–Crippen MR) is 80.4 cm³/mol. The van der Waals surface area contributed by atoms with Crippen LogP contribution in [-0.4, -0.2) is 51.2 Å². The average molecular weight is 315 g/mol. The molecule has 1 aromatic heterocycles. The van der Waals surface area contributed by atoms with Crippen LogP contribution >= 0.6 is 0 Å². The second kappa shape index (κ2) is 6.91. The van der Waals surface area contributed by atoms with Crippen molar-refractivity contribution in [3.63, 3.8) is 0 Å². The van der Waals surface area contributed by atoms with Gasteiger partial charge in [-0.1, -0.05) is 18.2 Å². The van der Waals surface area contributed by atoms with Gasteiger partial charge >= 0.3 is 0 Å². The third-order valence-electron chi connectivity index (χ3n) is 3.51. The van der Waals surface area contributed by atoms with Gasteiger partial charge in [0.25, 0.3) is 5.91 Å². The van der Waals surface area contributed by atoms with Gasteiger partial charge in [-0.25, -0.2) is 9.67 Å². The summed E-state index contributed by atoms with van der Waals surface area (Å²) in [6.45, 7) is 1.42. The highest BCUT2D eigenvalue weighted by molar-refractivity contribution is 5.79. The SMILES string of the molecule is O=C(Cn1cncn1)NCCN1Cc2ccccc2OCC1=O. The summed E-state index contributed by atoms with van der Waals surface area (Å²) in [4.78, 5) is 29.3. The molecule has 0 spiro atoms. The smallest absolute Gasteiger partial charge is 0.260 e. The summed E-state index contributed by atoms with van der Waals surface area (Å²) in [5.74, 6) is 0.472. The molecule has 2 heterocycles. The van der Waals surface area contributed by atoms with Gasteiger partial charge in [0, 0.05) is 25.2 Å². The Bertz CT molecular complexity index is 686. The van der Waals surface area contributed by atoms with Crippen LogP contribution in [0.4, 0.5) is 0 Å². The predicted octanol–water partition coefficient (Wildman–Crippen LogP) is -0.184. The Labute approximate surface area is 133 Å². The second-order valence-corrected chi connectivity index (χ2v) is 5.15. The molecule has 1 N–H and O–H groups in total. The van der Waals surface area contributed by atoms with Gasteiger partial charge in [-0.3, -0.25) is 9.59 Å². The van der Waals surface area contributed by atoms with Gasteiger partial charge in [-0.05, 0) is 6.07 Å². The van der Waals surface area contributed by atoms with Gasteiger partial charge in [-0.2, -0.15) is 5.10 Å². The molecule has 1 aliphatic heterocycles. The third kappa shape index (κ3) is 3.85. The number of fused-ring (bicyclic) bond motifs is 1. The van der Waals surface area contributed by atoms with E-state index in [0.717, 1.165) is 11.3 Å². The van der Waals surface area contributed by atoms with Crippen LogP contribution in [0.2, 0.25) is 0 Å². The van der Waals surface area contributed by atoms with Crippen LogP contribution in [0, 0.1) is 0 Å². The van der Waals surface area contributed by atoms with Crippen molar-refractivity contribution >= 4 is 11.8 Å². The van der Waals surface area contributed by atoms with Gasteiger partial charge in [0.05, 0.1) is 0 Å². The maximum atomic E-state index is 12.1. The maximum absolute atomic E-state index is 12.1. The lowest BCUT2D eigenvalue weighted by Gasteiger charge is -2.20. The lowest BCUT2D eigenvalue weighted by molar-refractivity contribution is -0.133. The van der Waals surface area contributed by atoms with E-state index in [0.29, 0.717) is 19.6 Å². The fraction of sp³-hybridized carbons (Fsp3) is 0.333. The largest absolute Gasteiger partial charge is 0.483 e. The number of rotatable bonds is 5. The molecule has 23 heavy (non-hydrogen) atoms. The molecule has 0 unspecified atom stereocenters. The van der Waals surface area contributed by atoms with Crippen molar-refractivity contribution in [2.45, 2.75) is 13.1 Å². The zero-order valence-corrected chi connectivity index (χ0v) is 12.5. The van der Waals surface area contributed by atoms with Crippen LogP contribution < -0.4 is 10.1 Å². The van der Waals surface area contributed by atoms with E-state index >= 15 is 0 Å². The minimum atomic E-state index is -0.172. The molecule has 0 saturated heterocycles. The first-order valence-corrected chi connectivity index (χ1v) is 7.30. The van der Waals surface area contributed by atoms with Gasteiger partial charge in [0.15, 0.2) is 6.61 Å². The fourth-order valence-corrected chi connectivity index (χ4v) is 2.35. The Morgan fingerprint density at radius 1 is 1.35 bits per heavy atom. The molecule has 120 valence electrons. The summed E-state index contributed by atoms with van der Waals surface area (Å²) in [5, 5.41) is 6.64. The van der Waals surface area contributed by atoms with Crippen molar-refractivity contribution in [3.8, 4) is 5.75 Å². The Kier molecular flexibility index (Phi) is 4.51. The number of amides is 2. The summed E-state index contributed by atoms with van der Waals surface area (Å²) < 4.78 is 6.93. The van der Waals surface area contributed by atoms with Gasteiger partial charge in [0.1, 0.15) is 24.9 Å². The van der Waals surface area contributed by atoms with Crippen LogP contribution in [0.25, 0.3) is 0 Å². The normalized spacial score (nSPS) is 13.9. The highest BCUT2D eigenvalue weighted by atomic mass is 16.5.